The van der Waals surface area contributed by atoms with Gasteiger partial charge in [0.1, 0.15) is 5.82 Å². The number of hydrogen-bond donors (Lipinski definition) is 1. The third kappa shape index (κ3) is 4.60. The summed E-state index contributed by atoms with van der Waals surface area (Å²) >= 11 is 5.94. The number of fused-ring (bicyclic) bond motifs is 1. The summed E-state index contributed by atoms with van der Waals surface area (Å²) in [6.45, 7) is -0.0659. The molecule has 1 amide bonds. The smallest absolute Gasteiger partial charge is 0.250 e. The molecular weight excluding hydrogens is 521 g/mol. The minimum atomic E-state index is -4.13. The van der Waals surface area contributed by atoms with Gasteiger partial charge < -0.3 is 15.1 Å². The van der Waals surface area contributed by atoms with Gasteiger partial charge in [-0.15, -0.1) is 10.2 Å². The van der Waals surface area contributed by atoms with Gasteiger partial charge in [0.15, 0.2) is 9.84 Å². The second kappa shape index (κ2) is 8.86. The molecule has 1 aromatic heterocycles. The number of aromatic nitrogens is 2. The number of nitrogens with two attached hydrogens (primary N) is 1. The summed E-state index contributed by atoms with van der Waals surface area (Å²) in [6, 6.07) is 7.08. The minimum absolute atomic E-state index is 0.0553. The normalized spacial score (nSPS) is 22.9. The summed E-state index contributed by atoms with van der Waals surface area (Å²) in [5.74, 6) is -6.25. The molecule has 1 fully saturated rings. The van der Waals surface area contributed by atoms with Gasteiger partial charge in [0.25, 0.3) is 5.89 Å². The Labute approximate surface area is 209 Å². The maximum atomic E-state index is 15.2. The average Bonchev–Trinajstić information content (AvgIpc) is 3.42. The molecule has 190 valence electrons. The van der Waals surface area contributed by atoms with E-state index in [1.54, 1.807) is 24.3 Å². The lowest BCUT2D eigenvalue weighted by atomic mass is 10.1. The zero-order valence-corrected chi connectivity index (χ0v) is 20.2. The predicted octanol–water partition coefficient (Wildman–Crippen LogP) is 4.08. The Morgan fingerprint density at radius 1 is 1.19 bits per heavy atom. The molecule has 0 bridgehead atoms. The second-order valence-corrected chi connectivity index (χ2v) is 11.4. The van der Waals surface area contributed by atoms with Crippen molar-refractivity contribution >= 4 is 33.0 Å². The largest absolute Gasteiger partial charge is 0.420 e. The van der Waals surface area contributed by atoms with Crippen LogP contribution in [-0.2, 0) is 21.2 Å². The highest BCUT2D eigenvalue weighted by atomic mass is 35.5. The quantitative estimate of drug-likeness (QED) is 0.529. The van der Waals surface area contributed by atoms with Crippen LogP contribution in [0.1, 0.15) is 36.6 Å². The summed E-state index contributed by atoms with van der Waals surface area (Å²) in [4.78, 5) is 13.9. The molecule has 0 spiro atoms. The number of hydrogen-bond acceptors (Lipinski definition) is 7. The van der Waals surface area contributed by atoms with Gasteiger partial charge in [-0.25, -0.2) is 21.6 Å². The molecule has 1 aliphatic carbocycles. The van der Waals surface area contributed by atoms with Gasteiger partial charge in [-0.05, 0) is 36.2 Å². The van der Waals surface area contributed by atoms with E-state index in [-0.39, 0.29) is 42.4 Å². The third-order valence-corrected chi connectivity index (χ3v) is 8.38. The van der Waals surface area contributed by atoms with E-state index in [1.165, 1.54) is 0 Å². The molecule has 2 N–H and O–H groups in total. The van der Waals surface area contributed by atoms with Crippen LogP contribution in [0.5, 0.6) is 0 Å². The Bertz CT molecular complexity index is 1450. The number of benzene rings is 2. The zero-order chi connectivity index (χ0) is 25.8. The number of sulfone groups is 1. The predicted molar refractivity (Wildman–Crippen MR) is 124 cm³/mol. The van der Waals surface area contributed by atoms with Crippen molar-refractivity contribution in [2.75, 3.05) is 10.7 Å². The minimum Gasteiger partial charge on any atom is -0.420 e. The molecule has 2 aliphatic rings. The van der Waals surface area contributed by atoms with E-state index in [0.29, 0.717) is 10.6 Å². The van der Waals surface area contributed by atoms with E-state index < -0.39 is 56.5 Å². The second-order valence-electron chi connectivity index (χ2n) is 8.98. The van der Waals surface area contributed by atoms with Gasteiger partial charge in [0, 0.05) is 23.8 Å². The first kappa shape index (κ1) is 24.7. The molecule has 2 atom stereocenters. The van der Waals surface area contributed by atoms with Gasteiger partial charge in [0.05, 0.1) is 34.5 Å². The van der Waals surface area contributed by atoms with E-state index in [0.717, 1.165) is 17.0 Å². The van der Waals surface area contributed by atoms with Crippen LogP contribution in [0, 0.1) is 5.82 Å². The SMILES string of the molecule is N[C@H]1CS(=O)(=O)c2cc(F)c(-c3nnc(C4CCC(F)(F)C4)o3)cc2N(Cc2ccc(Cl)cc2)C1=O. The fourth-order valence-corrected chi connectivity index (χ4v) is 6.18. The first-order chi connectivity index (χ1) is 16.9. The summed E-state index contributed by atoms with van der Waals surface area (Å²) in [7, 11) is -4.13. The molecule has 13 heteroatoms. The van der Waals surface area contributed by atoms with Gasteiger partial charge in [-0.2, -0.15) is 0 Å². The highest BCUT2D eigenvalue weighted by Crippen LogP contribution is 2.44. The van der Waals surface area contributed by atoms with Gasteiger partial charge in [-0.3, -0.25) is 4.79 Å². The molecule has 3 aromatic rings. The van der Waals surface area contributed by atoms with Gasteiger partial charge >= 0.3 is 0 Å². The lowest BCUT2D eigenvalue weighted by molar-refractivity contribution is -0.119. The Balaban J connectivity index is 1.59. The number of nitrogens with zero attached hydrogens (tertiary/aromatic N) is 3. The number of amides is 1. The number of carbonyl (C=O) groups excluding carboxylic acids is 1. The Hall–Kier alpha value is -2.96. The van der Waals surface area contributed by atoms with Crippen LogP contribution in [0.3, 0.4) is 0 Å². The van der Waals surface area contributed by atoms with Gasteiger partial charge in [-0.1, -0.05) is 23.7 Å². The van der Waals surface area contributed by atoms with Crippen molar-refractivity contribution < 1.29 is 30.8 Å². The van der Waals surface area contributed by atoms with Crippen LogP contribution in [0.4, 0.5) is 18.9 Å². The Morgan fingerprint density at radius 2 is 1.92 bits per heavy atom. The van der Waals surface area contributed by atoms with Crippen molar-refractivity contribution in [1.82, 2.24) is 10.2 Å². The highest BCUT2D eigenvalue weighted by Gasteiger charge is 2.42. The maximum absolute atomic E-state index is 15.2. The van der Waals surface area contributed by atoms with Crippen molar-refractivity contribution in [2.45, 2.75) is 48.6 Å². The molecule has 5 rings (SSSR count). The Kier molecular flexibility index (Phi) is 6.08. The van der Waals surface area contributed by atoms with Crippen molar-refractivity contribution in [3.63, 3.8) is 0 Å². The molecule has 36 heavy (non-hydrogen) atoms. The first-order valence-corrected chi connectivity index (χ1v) is 13.1. The zero-order valence-electron chi connectivity index (χ0n) is 18.6. The van der Waals surface area contributed by atoms with Crippen LogP contribution in [0.15, 0.2) is 45.7 Å². The maximum Gasteiger partial charge on any atom is 0.250 e. The first-order valence-electron chi connectivity index (χ1n) is 11.0. The molecule has 1 saturated carbocycles. The molecule has 1 aliphatic heterocycles. The standard InChI is InChI=1S/C23H20ClF3N4O4S/c24-14-3-1-12(2-4-14)10-31-18-7-15(16(25)8-19(18)36(33,34)11-17(28)22(31)32)21-30-29-20(35-21)13-5-6-23(26,27)9-13/h1-4,7-8,13,17H,5-6,9-11,28H2/t13?,17-/m0/s1. The van der Waals surface area contributed by atoms with Crippen molar-refractivity contribution in [3.05, 3.63) is 58.7 Å². The molecule has 8 nitrogen and oxygen atoms in total. The van der Waals surface area contributed by atoms with Crippen LogP contribution in [0.2, 0.25) is 5.02 Å². The number of rotatable bonds is 4. The van der Waals surface area contributed by atoms with E-state index in [4.69, 9.17) is 21.8 Å². The van der Waals surface area contributed by atoms with Crippen LogP contribution >= 0.6 is 11.6 Å². The molecule has 0 saturated heterocycles. The summed E-state index contributed by atoms with van der Waals surface area (Å²) in [5, 5.41) is 8.09. The average molecular weight is 541 g/mol. The summed E-state index contributed by atoms with van der Waals surface area (Å²) < 4.78 is 73.9. The summed E-state index contributed by atoms with van der Waals surface area (Å²) in [5.41, 5.74) is 6.15. The summed E-state index contributed by atoms with van der Waals surface area (Å²) in [6.07, 6.45) is -0.635. The molecule has 1 unspecified atom stereocenters. The van der Waals surface area contributed by atoms with Crippen LogP contribution in [-0.4, -0.2) is 42.2 Å². The topological polar surface area (TPSA) is 119 Å². The number of halogens is 4. The number of alkyl halides is 2. The number of carbonyl (C=O) groups is 1. The van der Waals surface area contributed by atoms with Crippen LogP contribution < -0.4 is 10.6 Å². The lowest BCUT2D eigenvalue weighted by Gasteiger charge is -2.24. The molecular formula is C23H20ClF3N4O4S. The monoisotopic (exact) mass is 540 g/mol. The van der Waals surface area contributed by atoms with Crippen molar-refractivity contribution in [3.8, 4) is 11.5 Å². The Morgan fingerprint density at radius 3 is 2.58 bits per heavy atom. The lowest BCUT2D eigenvalue weighted by Crippen LogP contribution is -2.45. The van der Waals surface area contributed by atoms with E-state index in [1.807, 2.05) is 0 Å². The van der Waals surface area contributed by atoms with Gasteiger partial charge in [0.2, 0.25) is 17.7 Å². The molecule has 2 aromatic carbocycles. The van der Waals surface area contributed by atoms with Crippen molar-refractivity contribution in [1.29, 1.82) is 0 Å². The number of anilines is 1. The third-order valence-electron chi connectivity index (χ3n) is 6.33. The molecule has 0 radical (unpaired) electrons. The van der Waals surface area contributed by atoms with Crippen molar-refractivity contribution in [2.24, 2.45) is 5.73 Å². The van der Waals surface area contributed by atoms with E-state index in [2.05, 4.69) is 10.2 Å². The van der Waals surface area contributed by atoms with Crippen LogP contribution in [0.25, 0.3) is 11.5 Å². The fraction of sp³-hybridized carbons (Fsp3) is 0.348. The fourth-order valence-electron chi connectivity index (χ4n) is 4.49. The molecule has 2 heterocycles. The van der Waals surface area contributed by atoms with E-state index >= 15 is 4.39 Å². The highest BCUT2D eigenvalue weighted by molar-refractivity contribution is 7.91. The van der Waals surface area contributed by atoms with E-state index in [9.17, 15) is 22.0 Å².